The van der Waals surface area contributed by atoms with E-state index in [1.807, 2.05) is 0 Å². The number of aliphatic imine (C=N–C) groups is 1. The molecule has 0 saturated carbocycles. The van der Waals surface area contributed by atoms with Crippen molar-refractivity contribution in [1.82, 2.24) is 15.2 Å². The van der Waals surface area contributed by atoms with Crippen LogP contribution in [0.3, 0.4) is 0 Å². The largest absolute Gasteiger partial charge is 0.481 e. The van der Waals surface area contributed by atoms with Gasteiger partial charge in [0.1, 0.15) is 0 Å². The Morgan fingerprint density at radius 1 is 1.79 bits per heavy atom. The van der Waals surface area contributed by atoms with Crippen LogP contribution < -0.4 is 21.7 Å². The number of nitrogens with zero attached hydrogens (tertiary/aromatic N) is 3. The van der Waals surface area contributed by atoms with Gasteiger partial charge in [0.15, 0.2) is 0 Å². The number of guanidine groups is 1. The van der Waals surface area contributed by atoms with Gasteiger partial charge < -0.3 is 10.5 Å². The number of hydrazine groups is 1. The Labute approximate surface area is 81.7 Å². The molecule has 0 amide bonds. The van der Waals surface area contributed by atoms with E-state index in [0.29, 0.717) is 12.4 Å². The molecule has 0 unspecified atom stereocenters. The van der Waals surface area contributed by atoms with Crippen molar-refractivity contribution >= 4 is 5.96 Å². The second-order valence-electron chi connectivity index (χ2n) is 2.65. The highest BCUT2D eigenvalue weighted by Crippen LogP contribution is 2.11. The zero-order valence-corrected chi connectivity index (χ0v) is 8.19. The smallest absolute Gasteiger partial charge is 0.211 e. The minimum Gasteiger partial charge on any atom is -0.481 e. The molecule has 0 aliphatic rings. The molecule has 7 nitrogen and oxygen atoms in total. The summed E-state index contributed by atoms with van der Waals surface area (Å²) in [4.78, 5) is 3.93. The van der Waals surface area contributed by atoms with Gasteiger partial charge in [-0.2, -0.15) is 5.10 Å². The van der Waals surface area contributed by atoms with E-state index in [2.05, 4.69) is 15.5 Å². The minimum atomic E-state index is 0.176. The summed E-state index contributed by atoms with van der Waals surface area (Å²) in [5.74, 6) is 5.89. The van der Waals surface area contributed by atoms with E-state index in [9.17, 15) is 0 Å². The lowest BCUT2D eigenvalue weighted by atomic mass is 10.4. The van der Waals surface area contributed by atoms with Crippen LogP contribution >= 0.6 is 0 Å². The maximum atomic E-state index is 5.35. The zero-order valence-electron chi connectivity index (χ0n) is 8.19. The summed E-state index contributed by atoms with van der Waals surface area (Å²) in [5.41, 5.74) is 8.34. The van der Waals surface area contributed by atoms with Crippen molar-refractivity contribution < 1.29 is 4.74 Å². The first-order chi connectivity index (χ1) is 6.67. The summed E-state index contributed by atoms with van der Waals surface area (Å²) in [5, 5.41) is 4.15. The fourth-order valence-electron chi connectivity index (χ4n) is 0.987. The van der Waals surface area contributed by atoms with Gasteiger partial charge in [0.25, 0.3) is 0 Å². The van der Waals surface area contributed by atoms with Crippen molar-refractivity contribution in [1.29, 1.82) is 0 Å². The number of ether oxygens (including phenoxy) is 1. The van der Waals surface area contributed by atoms with E-state index >= 15 is 0 Å². The number of hydrogen-bond donors (Lipinski definition) is 3. The normalized spacial score (nSPS) is 11.5. The molecule has 14 heavy (non-hydrogen) atoms. The van der Waals surface area contributed by atoms with E-state index in [1.165, 1.54) is 0 Å². The molecule has 0 aliphatic heterocycles. The summed E-state index contributed by atoms with van der Waals surface area (Å²) in [7, 11) is 3.37. The quantitative estimate of drug-likeness (QED) is 0.242. The number of rotatable bonds is 3. The first-order valence-corrected chi connectivity index (χ1v) is 4.00. The van der Waals surface area contributed by atoms with E-state index in [-0.39, 0.29) is 5.96 Å². The molecule has 7 heteroatoms. The highest BCUT2D eigenvalue weighted by atomic mass is 16.5. The van der Waals surface area contributed by atoms with Gasteiger partial charge in [-0.1, -0.05) is 0 Å². The third-order valence-electron chi connectivity index (χ3n) is 1.66. The Morgan fingerprint density at radius 3 is 3.00 bits per heavy atom. The molecule has 1 heterocycles. The van der Waals surface area contributed by atoms with Gasteiger partial charge >= 0.3 is 0 Å². The summed E-state index contributed by atoms with van der Waals surface area (Å²) in [6.45, 7) is 0.368. The first kappa shape index (κ1) is 10.3. The first-order valence-electron chi connectivity index (χ1n) is 4.00. The lowest BCUT2D eigenvalue weighted by molar-refractivity contribution is 0.373. The highest BCUT2D eigenvalue weighted by Gasteiger charge is 2.03. The van der Waals surface area contributed by atoms with Crippen molar-refractivity contribution in [3.63, 3.8) is 0 Å². The molecule has 1 aromatic heterocycles. The number of hydrogen-bond acceptors (Lipinski definition) is 4. The fraction of sp³-hybridized carbons (Fsp3) is 0.429. The third-order valence-corrected chi connectivity index (χ3v) is 1.66. The summed E-state index contributed by atoms with van der Waals surface area (Å²) < 4.78 is 6.66. The molecule has 0 saturated heterocycles. The summed E-state index contributed by atoms with van der Waals surface area (Å²) in [6.07, 6.45) is 0. The maximum absolute atomic E-state index is 5.35. The Morgan fingerprint density at radius 2 is 2.50 bits per heavy atom. The van der Waals surface area contributed by atoms with Crippen LogP contribution in [0.4, 0.5) is 0 Å². The number of aromatic nitrogens is 2. The molecular formula is C7H14N6O. The van der Waals surface area contributed by atoms with E-state index in [1.54, 1.807) is 24.9 Å². The van der Waals surface area contributed by atoms with Crippen LogP contribution in [0.1, 0.15) is 5.69 Å². The lowest BCUT2D eigenvalue weighted by Crippen LogP contribution is -2.37. The minimum absolute atomic E-state index is 0.176. The van der Waals surface area contributed by atoms with Crippen LogP contribution in [0.15, 0.2) is 11.1 Å². The molecular weight excluding hydrogens is 184 g/mol. The molecule has 1 aromatic rings. The van der Waals surface area contributed by atoms with Gasteiger partial charge in [0.05, 0.1) is 19.3 Å². The Balaban J connectivity index is 2.68. The third kappa shape index (κ3) is 2.36. The van der Waals surface area contributed by atoms with Crippen LogP contribution in [0.25, 0.3) is 0 Å². The molecule has 0 spiro atoms. The molecule has 5 N–H and O–H groups in total. The van der Waals surface area contributed by atoms with E-state index in [0.717, 1.165) is 5.69 Å². The monoisotopic (exact) mass is 198 g/mol. The Bertz CT molecular complexity index is 331. The van der Waals surface area contributed by atoms with Crippen LogP contribution in [0.2, 0.25) is 0 Å². The SMILES string of the molecule is COc1cc(CN=C(N)NN)nn1C. The molecule has 0 aliphatic carbocycles. The molecule has 0 aromatic carbocycles. The zero-order chi connectivity index (χ0) is 10.6. The highest BCUT2D eigenvalue weighted by molar-refractivity contribution is 5.77. The van der Waals surface area contributed by atoms with Crippen molar-refractivity contribution in [2.75, 3.05) is 7.11 Å². The van der Waals surface area contributed by atoms with Crippen molar-refractivity contribution in [2.24, 2.45) is 23.6 Å². The van der Waals surface area contributed by atoms with Crippen molar-refractivity contribution in [3.05, 3.63) is 11.8 Å². The van der Waals surface area contributed by atoms with Gasteiger partial charge in [-0.3, -0.25) is 5.43 Å². The molecule has 0 bridgehead atoms. The van der Waals surface area contributed by atoms with Crippen LogP contribution in [0, 0.1) is 0 Å². The molecule has 0 atom stereocenters. The van der Waals surface area contributed by atoms with Gasteiger partial charge in [-0.05, 0) is 0 Å². The predicted octanol–water partition coefficient (Wildman–Crippen LogP) is -1.29. The summed E-state index contributed by atoms with van der Waals surface area (Å²) in [6, 6.07) is 1.79. The second kappa shape index (κ2) is 4.47. The van der Waals surface area contributed by atoms with Gasteiger partial charge in [0, 0.05) is 13.1 Å². The number of nitrogens with one attached hydrogen (secondary N) is 1. The maximum Gasteiger partial charge on any atom is 0.211 e. The second-order valence-corrected chi connectivity index (χ2v) is 2.65. The lowest BCUT2D eigenvalue weighted by Gasteiger charge is -1.95. The number of nitrogens with two attached hydrogens (primary N) is 2. The fourth-order valence-corrected chi connectivity index (χ4v) is 0.987. The van der Waals surface area contributed by atoms with Gasteiger partial charge in [-0.15, -0.1) is 0 Å². The Hall–Kier alpha value is -1.76. The predicted molar refractivity (Wildman–Crippen MR) is 52.4 cm³/mol. The topological polar surface area (TPSA) is 103 Å². The molecule has 1 rings (SSSR count). The average molecular weight is 198 g/mol. The average Bonchev–Trinajstić information content (AvgIpc) is 2.55. The standard InChI is InChI=1S/C7H14N6O/c1-13-6(14-2)3-5(12-13)4-10-7(8)11-9/h3H,4,9H2,1-2H3,(H3,8,10,11). The molecule has 0 fully saturated rings. The van der Waals surface area contributed by atoms with Crippen LogP contribution in [-0.4, -0.2) is 22.8 Å². The Kier molecular flexibility index (Phi) is 3.29. The number of aryl methyl sites for hydroxylation is 1. The molecule has 78 valence electrons. The van der Waals surface area contributed by atoms with Crippen LogP contribution in [0.5, 0.6) is 5.88 Å². The molecule has 0 radical (unpaired) electrons. The van der Waals surface area contributed by atoms with Crippen LogP contribution in [-0.2, 0) is 13.6 Å². The van der Waals surface area contributed by atoms with E-state index in [4.69, 9.17) is 16.3 Å². The van der Waals surface area contributed by atoms with Crippen molar-refractivity contribution in [2.45, 2.75) is 6.54 Å². The van der Waals surface area contributed by atoms with Gasteiger partial charge in [-0.25, -0.2) is 15.5 Å². The van der Waals surface area contributed by atoms with Gasteiger partial charge in [0.2, 0.25) is 11.8 Å². The summed E-state index contributed by atoms with van der Waals surface area (Å²) >= 11 is 0. The number of methoxy groups -OCH3 is 1. The van der Waals surface area contributed by atoms with Crippen molar-refractivity contribution in [3.8, 4) is 5.88 Å². The van der Waals surface area contributed by atoms with E-state index < -0.39 is 0 Å².